The number of nitrogens with two attached hydrogens (primary N) is 1. The molecule has 1 aromatic heterocycles. The Labute approximate surface area is 165 Å². The minimum Gasteiger partial charge on any atom is -0.369 e. The van der Waals surface area contributed by atoms with E-state index in [9.17, 15) is 9.59 Å². The molecule has 0 saturated carbocycles. The Morgan fingerprint density at radius 3 is 2.43 bits per heavy atom. The summed E-state index contributed by atoms with van der Waals surface area (Å²) < 4.78 is 0. The van der Waals surface area contributed by atoms with Gasteiger partial charge in [0.1, 0.15) is 11.6 Å². The van der Waals surface area contributed by atoms with Crippen molar-refractivity contribution in [2.75, 3.05) is 25.0 Å². The normalized spacial score (nSPS) is 18.9. The third kappa shape index (κ3) is 4.30. The monoisotopic (exact) mass is 381 g/mol. The highest BCUT2D eigenvalue weighted by Gasteiger charge is 2.38. The molecule has 2 heterocycles. The Kier molecular flexibility index (Phi) is 5.63. The smallest absolute Gasteiger partial charge is 0.223 e. The first kappa shape index (κ1) is 19.8. The highest BCUT2D eigenvalue weighted by atomic mass is 16.2. The minimum absolute atomic E-state index is 0.0255. The lowest BCUT2D eigenvalue weighted by Gasteiger charge is -2.20. The fourth-order valence-corrected chi connectivity index (χ4v) is 3.81. The lowest BCUT2D eigenvalue weighted by molar-refractivity contribution is -0.128. The fourth-order valence-electron chi connectivity index (χ4n) is 3.81. The molecule has 1 fully saturated rings. The molecule has 0 spiro atoms. The number of hydrogen-bond donors (Lipinski definition) is 1. The molecule has 7 heteroatoms. The van der Waals surface area contributed by atoms with Crippen LogP contribution in [0.3, 0.4) is 0 Å². The van der Waals surface area contributed by atoms with E-state index in [2.05, 4.69) is 27.0 Å². The lowest BCUT2D eigenvalue weighted by Crippen LogP contribution is -2.30. The van der Waals surface area contributed by atoms with Gasteiger partial charge in [-0.25, -0.2) is 9.97 Å². The quantitative estimate of drug-likeness (QED) is 0.852. The van der Waals surface area contributed by atoms with Crippen LogP contribution in [0.15, 0.2) is 30.3 Å². The number of primary amides is 1. The number of hydrogen-bond acceptors (Lipinski definition) is 5. The average molecular weight is 381 g/mol. The van der Waals surface area contributed by atoms with Gasteiger partial charge in [-0.3, -0.25) is 9.59 Å². The first-order chi connectivity index (χ1) is 13.2. The van der Waals surface area contributed by atoms with Crippen molar-refractivity contribution in [3.63, 3.8) is 0 Å². The summed E-state index contributed by atoms with van der Waals surface area (Å²) in [5.74, 6) is 0.862. The Bertz CT molecular complexity index is 861. The van der Waals surface area contributed by atoms with E-state index in [0.717, 1.165) is 28.5 Å². The Balaban J connectivity index is 1.74. The van der Waals surface area contributed by atoms with Crippen molar-refractivity contribution in [3.8, 4) is 0 Å². The first-order valence-electron chi connectivity index (χ1n) is 9.41. The van der Waals surface area contributed by atoms with Crippen LogP contribution in [-0.2, 0) is 16.1 Å². The summed E-state index contributed by atoms with van der Waals surface area (Å²) in [6.07, 6.45) is 0. The predicted molar refractivity (Wildman–Crippen MR) is 108 cm³/mol. The number of likely N-dealkylation sites (tertiary alicyclic amines) is 1. The van der Waals surface area contributed by atoms with Crippen molar-refractivity contribution < 1.29 is 9.59 Å². The number of aryl methyl sites for hydroxylation is 2. The van der Waals surface area contributed by atoms with Gasteiger partial charge in [-0.2, -0.15) is 0 Å². The van der Waals surface area contributed by atoms with Crippen molar-refractivity contribution in [1.29, 1.82) is 0 Å². The zero-order chi connectivity index (χ0) is 20.4. The molecule has 2 amide bonds. The molecule has 0 bridgehead atoms. The molecular formula is C21H27N5O2. The van der Waals surface area contributed by atoms with Crippen LogP contribution in [0, 0.1) is 19.8 Å². The number of rotatable bonds is 5. The van der Waals surface area contributed by atoms with Crippen LogP contribution in [0.2, 0.25) is 0 Å². The fraction of sp³-hybridized carbons (Fsp3) is 0.429. The largest absolute Gasteiger partial charge is 0.369 e. The summed E-state index contributed by atoms with van der Waals surface area (Å²) in [5.41, 5.74) is 8.69. The number of anilines is 1. The van der Waals surface area contributed by atoms with Gasteiger partial charge in [0.25, 0.3) is 0 Å². The summed E-state index contributed by atoms with van der Waals surface area (Å²) in [4.78, 5) is 36.1. The topological polar surface area (TPSA) is 92.4 Å². The van der Waals surface area contributed by atoms with Crippen LogP contribution in [-0.4, -0.2) is 46.8 Å². The van der Waals surface area contributed by atoms with Crippen LogP contribution in [0.4, 0.5) is 5.82 Å². The van der Waals surface area contributed by atoms with Gasteiger partial charge < -0.3 is 15.5 Å². The molecule has 3 rings (SSSR count). The second-order valence-electron chi connectivity index (χ2n) is 7.55. The molecule has 1 aliphatic rings. The molecule has 1 aromatic carbocycles. The summed E-state index contributed by atoms with van der Waals surface area (Å²) in [6, 6.07) is 10.1. The van der Waals surface area contributed by atoms with Gasteiger partial charge in [0, 0.05) is 51.3 Å². The van der Waals surface area contributed by atoms with E-state index in [-0.39, 0.29) is 23.7 Å². The maximum atomic E-state index is 11.8. The molecule has 0 radical (unpaired) electrons. The molecule has 0 unspecified atom stereocenters. The number of nitrogens with zero attached hydrogens (tertiary/aromatic N) is 4. The average Bonchev–Trinajstić information content (AvgIpc) is 3.07. The number of carbonyl (C=O) groups is 2. The van der Waals surface area contributed by atoms with Crippen molar-refractivity contribution >= 4 is 17.6 Å². The second-order valence-corrected chi connectivity index (χ2v) is 7.55. The van der Waals surface area contributed by atoms with E-state index in [4.69, 9.17) is 5.73 Å². The zero-order valence-corrected chi connectivity index (χ0v) is 16.8. The third-order valence-electron chi connectivity index (χ3n) is 5.30. The number of carbonyl (C=O) groups excluding carboxylic acids is 2. The van der Waals surface area contributed by atoms with Gasteiger partial charge in [-0.1, -0.05) is 24.3 Å². The van der Waals surface area contributed by atoms with E-state index in [1.54, 1.807) is 4.90 Å². The highest BCUT2D eigenvalue weighted by Crippen LogP contribution is 2.33. The Morgan fingerprint density at radius 2 is 1.86 bits per heavy atom. The van der Waals surface area contributed by atoms with Crippen LogP contribution in [0.25, 0.3) is 0 Å². The first-order valence-corrected chi connectivity index (χ1v) is 9.41. The van der Waals surface area contributed by atoms with Gasteiger partial charge in [-0.05, 0) is 25.0 Å². The van der Waals surface area contributed by atoms with E-state index in [0.29, 0.717) is 19.6 Å². The lowest BCUT2D eigenvalue weighted by atomic mass is 9.88. The van der Waals surface area contributed by atoms with Crippen LogP contribution in [0.5, 0.6) is 0 Å². The third-order valence-corrected chi connectivity index (χ3v) is 5.30. The van der Waals surface area contributed by atoms with Gasteiger partial charge in [0.05, 0.1) is 5.92 Å². The maximum Gasteiger partial charge on any atom is 0.223 e. The highest BCUT2D eigenvalue weighted by molar-refractivity contribution is 5.81. The molecule has 1 saturated heterocycles. The molecule has 2 aromatic rings. The van der Waals surface area contributed by atoms with Gasteiger partial charge in [0.2, 0.25) is 11.8 Å². The number of amides is 2. The minimum atomic E-state index is -0.355. The summed E-state index contributed by atoms with van der Waals surface area (Å²) >= 11 is 0. The van der Waals surface area contributed by atoms with Crippen molar-refractivity contribution in [2.45, 2.75) is 33.2 Å². The van der Waals surface area contributed by atoms with E-state index >= 15 is 0 Å². The molecule has 2 atom stereocenters. The molecular weight excluding hydrogens is 354 g/mol. The Hall–Kier alpha value is -2.96. The standard InChI is InChI=1S/C21H27N5O2/c1-13-9-20(24-14(2)23-13)25(4)10-16-5-7-17(8-6-16)18-11-26(15(3)27)12-19(18)21(22)28/h5-9,18-19H,10-12H2,1-4H3,(H2,22,28)/t18-,19+/m1/s1. The Morgan fingerprint density at radius 1 is 1.18 bits per heavy atom. The summed E-state index contributed by atoms with van der Waals surface area (Å²) in [6.45, 7) is 7.01. The summed E-state index contributed by atoms with van der Waals surface area (Å²) in [5, 5.41) is 0. The van der Waals surface area contributed by atoms with E-state index in [1.807, 2.05) is 39.1 Å². The predicted octanol–water partition coefficient (Wildman–Crippen LogP) is 1.78. The van der Waals surface area contributed by atoms with Crippen LogP contribution in [0.1, 0.15) is 35.5 Å². The van der Waals surface area contributed by atoms with Crippen molar-refractivity contribution in [1.82, 2.24) is 14.9 Å². The van der Waals surface area contributed by atoms with E-state index in [1.165, 1.54) is 6.92 Å². The second kappa shape index (κ2) is 7.96. The molecule has 148 valence electrons. The summed E-state index contributed by atoms with van der Waals surface area (Å²) in [7, 11) is 2.00. The number of benzene rings is 1. The molecule has 7 nitrogen and oxygen atoms in total. The van der Waals surface area contributed by atoms with Crippen molar-refractivity contribution in [3.05, 3.63) is 53.0 Å². The zero-order valence-electron chi connectivity index (χ0n) is 16.8. The molecule has 0 aliphatic carbocycles. The van der Waals surface area contributed by atoms with Crippen LogP contribution >= 0.6 is 0 Å². The van der Waals surface area contributed by atoms with Crippen molar-refractivity contribution in [2.24, 2.45) is 11.7 Å². The number of aromatic nitrogens is 2. The van der Waals surface area contributed by atoms with Gasteiger partial charge in [-0.15, -0.1) is 0 Å². The molecule has 1 aliphatic heterocycles. The van der Waals surface area contributed by atoms with Gasteiger partial charge in [0.15, 0.2) is 0 Å². The molecule has 28 heavy (non-hydrogen) atoms. The van der Waals surface area contributed by atoms with Gasteiger partial charge >= 0.3 is 0 Å². The van der Waals surface area contributed by atoms with E-state index < -0.39 is 0 Å². The maximum absolute atomic E-state index is 11.8. The molecule has 2 N–H and O–H groups in total. The van der Waals surface area contributed by atoms with Crippen LogP contribution < -0.4 is 10.6 Å². The SMILES string of the molecule is CC(=O)N1C[C@H](C(N)=O)[C@@H](c2ccc(CN(C)c3cc(C)nc(C)n3)cc2)C1.